The van der Waals surface area contributed by atoms with Crippen LogP contribution >= 0.6 is 15.9 Å². The van der Waals surface area contributed by atoms with Gasteiger partial charge < -0.3 is 9.84 Å². The Kier molecular flexibility index (Phi) is 3.08. The molecule has 0 bridgehead atoms. The first kappa shape index (κ1) is 13.0. The first-order valence-corrected chi connectivity index (χ1v) is 7.48. The van der Waals surface area contributed by atoms with Gasteiger partial charge in [0.05, 0.1) is 17.0 Å². The van der Waals surface area contributed by atoms with E-state index in [-0.39, 0.29) is 11.8 Å². The van der Waals surface area contributed by atoms with Crippen molar-refractivity contribution in [1.82, 2.24) is 0 Å². The third-order valence-electron chi connectivity index (χ3n) is 3.91. The molecule has 19 heavy (non-hydrogen) atoms. The lowest BCUT2D eigenvalue weighted by molar-refractivity contribution is -0.137. The molecule has 0 amide bonds. The molecule has 3 nitrogen and oxygen atoms in total. The summed E-state index contributed by atoms with van der Waals surface area (Å²) in [5, 5.41) is 9.12. The highest BCUT2D eigenvalue weighted by Gasteiger charge is 2.48. The van der Waals surface area contributed by atoms with Gasteiger partial charge in [-0.1, -0.05) is 6.07 Å². The quantitative estimate of drug-likeness (QED) is 0.895. The molecule has 1 aromatic carbocycles. The molecule has 2 fully saturated rings. The molecule has 0 aromatic heterocycles. The number of hydrogen-bond donors (Lipinski definition) is 1. The van der Waals surface area contributed by atoms with Gasteiger partial charge in [-0.3, -0.25) is 4.79 Å². The van der Waals surface area contributed by atoms with Crippen molar-refractivity contribution < 1.29 is 14.6 Å². The van der Waals surface area contributed by atoms with Crippen LogP contribution in [0.3, 0.4) is 0 Å². The Bertz CT molecular complexity index is 530. The SMILES string of the molecule is Cc1cc(Br)c(OC2CC2)c(C2(CC(=O)O)CC2)c1. The molecule has 2 aliphatic carbocycles. The number of hydrogen-bond acceptors (Lipinski definition) is 2. The highest BCUT2D eigenvalue weighted by atomic mass is 79.9. The van der Waals surface area contributed by atoms with Crippen LogP contribution in [0, 0.1) is 6.92 Å². The molecular weight excluding hydrogens is 308 g/mol. The molecule has 4 heteroatoms. The lowest BCUT2D eigenvalue weighted by atomic mass is 9.90. The summed E-state index contributed by atoms with van der Waals surface area (Å²) < 4.78 is 6.96. The summed E-state index contributed by atoms with van der Waals surface area (Å²) in [6.07, 6.45) is 4.60. The van der Waals surface area contributed by atoms with Crippen LogP contribution in [0.15, 0.2) is 16.6 Å². The van der Waals surface area contributed by atoms with Gasteiger partial charge in [-0.2, -0.15) is 0 Å². The van der Waals surface area contributed by atoms with Crippen LogP contribution in [0.1, 0.15) is 43.2 Å². The summed E-state index contributed by atoms with van der Waals surface area (Å²) in [5.41, 5.74) is 2.01. The van der Waals surface area contributed by atoms with Crippen molar-refractivity contribution in [2.45, 2.75) is 50.5 Å². The van der Waals surface area contributed by atoms with E-state index in [1.54, 1.807) is 0 Å². The topological polar surface area (TPSA) is 46.5 Å². The van der Waals surface area contributed by atoms with Crippen molar-refractivity contribution in [2.75, 3.05) is 0 Å². The number of carboxylic acids is 1. The molecular formula is C15H17BrO3. The van der Waals surface area contributed by atoms with Crippen molar-refractivity contribution >= 4 is 21.9 Å². The predicted molar refractivity (Wildman–Crippen MR) is 75.7 cm³/mol. The fourth-order valence-electron chi connectivity index (χ4n) is 2.58. The van der Waals surface area contributed by atoms with Crippen molar-refractivity contribution in [3.05, 3.63) is 27.7 Å². The van der Waals surface area contributed by atoms with E-state index in [9.17, 15) is 4.79 Å². The molecule has 1 N–H and O–H groups in total. The molecule has 0 atom stereocenters. The smallest absolute Gasteiger partial charge is 0.304 e. The standard InChI is InChI=1S/C15H17BrO3/c1-9-6-11(15(4-5-15)8-13(17)18)14(12(16)7-9)19-10-2-3-10/h6-7,10H,2-5,8H2,1H3,(H,17,18). The zero-order valence-corrected chi connectivity index (χ0v) is 12.5. The van der Waals surface area contributed by atoms with E-state index in [0.717, 1.165) is 47.0 Å². The number of aliphatic carboxylic acids is 1. The zero-order chi connectivity index (χ0) is 13.6. The minimum atomic E-state index is -0.729. The summed E-state index contributed by atoms with van der Waals surface area (Å²) in [6.45, 7) is 2.03. The van der Waals surface area contributed by atoms with Crippen LogP contribution in [0.2, 0.25) is 0 Å². The third-order valence-corrected chi connectivity index (χ3v) is 4.50. The van der Waals surface area contributed by atoms with Crippen molar-refractivity contribution in [1.29, 1.82) is 0 Å². The first-order valence-electron chi connectivity index (χ1n) is 6.69. The van der Waals surface area contributed by atoms with Gasteiger partial charge in [0, 0.05) is 11.0 Å². The highest BCUT2D eigenvalue weighted by molar-refractivity contribution is 9.10. The second-order valence-corrected chi connectivity index (χ2v) is 6.65. The molecule has 0 aliphatic heterocycles. The third kappa shape index (κ3) is 2.64. The first-order chi connectivity index (χ1) is 9.00. The molecule has 0 heterocycles. The van der Waals surface area contributed by atoms with Gasteiger partial charge in [0.15, 0.2) is 0 Å². The van der Waals surface area contributed by atoms with Gasteiger partial charge in [0.1, 0.15) is 5.75 Å². The van der Waals surface area contributed by atoms with E-state index in [1.165, 1.54) is 0 Å². The molecule has 0 saturated heterocycles. The van der Waals surface area contributed by atoms with Crippen LogP contribution < -0.4 is 4.74 Å². The Labute approximate surface area is 121 Å². The van der Waals surface area contributed by atoms with E-state index < -0.39 is 5.97 Å². The molecule has 2 saturated carbocycles. The Morgan fingerprint density at radius 2 is 2.16 bits per heavy atom. The summed E-state index contributed by atoms with van der Waals surface area (Å²) >= 11 is 3.57. The highest BCUT2D eigenvalue weighted by Crippen LogP contribution is 2.55. The van der Waals surface area contributed by atoms with Crippen LogP contribution in [0.4, 0.5) is 0 Å². The van der Waals surface area contributed by atoms with Crippen LogP contribution in [0.5, 0.6) is 5.75 Å². The van der Waals surface area contributed by atoms with Gasteiger partial charge in [-0.15, -0.1) is 0 Å². The monoisotopic (exact) mass is 324 g/mol. The predicted octanol–water partition coefficient (Wildman–Crippen LogP) is 3.81. The van der Waals surface area contributed by atoms with Gasteiger partial charge >= 0.3 is 5.97 Å². The maximum atomic E-state index is 11.1. The van der Waals surface area contributed by atoms with Gasteiger partial charge in [-0.25, -0.2) is 0 Å². The zero-order valence-electron chi connectivity index (χ0n) is 10.9. The molecule has 102 valence electrons. The molecule has 0 unspecified atom stereocenters. The van der Waals surface area contributed by atoms with E-state index in [2.05, 4.69) is 22.0 Å². The molecule has 0 radical (unpaired) electrons. The number of benzene rings is 1. The summed E-state index contributed by atoms with van der Waals surface area (Å²) in [5.74, 6) is 0.138. The van der Waals surface area contributed by atoms with E-state index in [1.807, 2.05) is 13.0 Å². The van der Waals surface area contributed by atoms with Crippen molar-refractivity contribution in [3.8, 4) is 5.75 Å². The Hall–Kier alpha value is -1.03. The van der Waals surface area contributed by atoms with E-state index in [0.29, 0.717) is 6.10 Å². The Morgan fingerprint density at radius 1 is 1.47 bits per heavy atom. The minimum absolute atomic E-state index is 0.198. The Balaban J connectivity index is 2.00. The number of carbonyl (C=O) groups is 1. The number of rotatable bonds is 5. The lowest BCUT2D eigenvalue weighted by Gasteiger charge is -2.20. The number of aryl methyl sites for hydroxylation is 1. The van der Waals surface area contributed by atoms with Crippen LogP contribution in [0.25, 0.3) is 0 Å². The second kappa shape index (κ2) is 4.51. The fraction of sp³-hybridized carbons (Fsp3) is 0.533. The van der Waals surface area contributed by atoms with Gasteiger partial charge in [0.2, 0.25) is 0 Å². The second-order valence-electron chi connectivity index (χ2n) is 5.79. The van der Waals surface area contributed by atoms with Crippen LogP contribution in [-0.2, 0) is 10.2 Å². The summed E-state index contributed by atoms with van der Waals surface area (Å²) in [6, 6.07) is 4.14. The molecule has 0 spiro atoms. The normalized spacial score (nSPS) is 20.1. The molecule has 1 aromatic rings. The average Bonchev–Trinajstić information content (AvgIpc) is 3.17. The Morgan fingerprint density at radius 3 is 2.68 bits per heavy atom. The lowest BCUT2D eigenvalue weighted by Crippen LogP contribution is -2.15. The summed E-state index contributed by atoms with van der Waals surface area (Å²) in [7, 11) is 0. The van der Waals surface area contributed by atoms with Crippen molar-refractivity contribution in [2.24, 2.45) is 0 Å². The minimum Gasteiger partial charge on any atom is -0.489 e. The van der Waals surface area contributed by atoms with E-state index >= 15 is 0 Å². The maximum Gasteiger partial charge on any atom is 0.304 e. The molecule has 2 aliphatic rings. The van der Waals surface area contributed by atoms with E-state index in [4.69, 9.17) is 9.84 Å². The number of ether oxygens (including phenoxy) is 1. The van der Waals surface area contributed by atoms with Crippen molar-refractivity contribution in [3.63, 3.8) is 0 Å². The average molecular weight is 325 g/mol. The van der Waals surface area contributed by atoms with Gasteiger partial charge in [0.25, 0.3) is 0 Å². The number of carboxylic acid groups (broad SMARTS) is 1. The maximum absolute atomic E-state index is 11.1. The van der Waals surface area contributed by atoms with Gasteiger partial charge in [-0.05, 0) is 60.2 Å². The van der Waals surface area contributed by atoms with Crippen LogP contribution in [-0.4, -0.2) is 17.2 Å². The molecule has 3 rings (SSSR count). The number of halogens is 1. The summed E-state index contributed by atoms with van der Waals surface area (Å²) in [4.78, 5) is 11.1. The largest absolute Gasteiger partial charge is 0.489 e. The fourth-order valence-corrected chi connectivity index (χ4v) is 3.25.